The van der Waals surface area contributed by atoms with Gasteiger partial charge < -0.3 is 5.73 Å². The first-order valence-corrected chi connectivity index (χ1v) is 6.13. The molecule has 0 aliphatic rings. The van der Waals surface area contributed by atoms with Gasteiger partial charge in [-0.15, -0.1) is 0 Å². The topological polar surface area (TPSA) is 73.8 Å². The molecular weight excluding hydrogens is 271 g/mol. The summed E-state index contributed by atoms with van der Waals surface area (Å²) >= 11 is 0. The summed E-state index contributed by atoms with van der Waals surface area (Å²) in [6, 6.07) is 8.17. The van der Waals surface area contributed by atoms with Gasteiger partial charge in [-0.25, -0.2) is 9.18 Å². The molecule has 1 amide bonds. The van der Waals surface area contributed by atoms with Crippen molar-refractivity contribution in [1.29, 1.82) is 0 Å². The van der Waals surface area contributed by atoms with Crippen LogP contribution in [0, 0.1) is 11.9 Å². The summed E-state index contributed by atoms with van der Waals surface area (Å²) in [5, 5.41) is 4.52. The number of benzene rings is 1. The van der Waals surface area contributed by atoms with E-state index in [4.69, 9.17) is 5.73 Å². The zero-order valence-corrected chi connectivity index (χ0v) is 10.8. The summed E-state index contributed by atoms with van der Waals surface area (Å²) < 4.78 is 14.7. The largest absolute Gasteiger partial charge is 0.350 e. The number of nitrogens with two attached hydrogens (primary N) is 1. The predicted molar refractivity (Wildman–Crippen MR) is 76.7 cm³/mol. The Bertz CT molecular complexity index is 840. The molecule has 0 unspecified atom stereocenters. The van der Waals surface area contributed by atoms with Crippen LogP contribution < -0.4 is 5.73 Å². The van der Waals surface area contributed by atoms with Gasteiger partial charge in [-0.2, -0.15) is 9.78 Å². The highest BCUT2D eigenvalue weighted by molar-refractivity contribution is 5.95. The average Bonchev–Trinajstić information content (AvgIpc) is 2.87. The molecule has 3 rings (SSSR count). The van der Waals surface area contributed by atoms with Gasteiger partial charge in [0.15, 0.2) is 0 Å². The zero-order valence-electron chi connectivity index (χ0n) is 10.8. The van der Waals surface area contributed by atoms with Crippen molar-refractivity contribution in [2.24, 2.45) is 5.73 Å². The van der Waals surface area contributed by atoms with E-state index in [1.165, 1.54) is 0 Å². The van der Waals surface area contributed by atoms with E-state index in [2.05, 4.69) is 16.1 Å². The fourth-order valence-electron chi connectivity index (χ4n) is 2.02. The standard InChI is InChI=1S/C15H10FN4O/c16-12-3-1-2-11-13(19-20(14(11)12)15(17)21)5-4-10-6-8-18-9-7-10/h2-9H,(H2,17,21)/b5-4+. The summed E-state index contributed by atoms with van der Waals surface area (Å²) in [6.45, 7) is 0. The minimum atomic E-state index is -0.839. The minimum absolute atomic E-state index is 0.0515. The van der Waals surface area contributed by atoms with E-state index in [9.17, 15) is 9.18 Å². The smallest absolute Gasteiger partial charge is 0.340 e. The molecule has 1 aromatic carbocycles. The van der Waals surface area contributed by atoms with Gasteiger partial charge >= 0.3 is 6.03 Å². The molecule has 0 bridgehead atoms. The Morgan fingerprint density at radius 3 is 2.76 bits per heavy atom. The quantitative estimate of drug-likeness (QED) is 0.784. The average molecular weight is 281 g/mol. The highest BCUT2D eigenvalue weighted by Crippen LogP contribution is 2.22. The van der Waals surface area contributed by atoms with Gasteiger partial charge in [-0.1, -0.05) is 6.08 Å². The van der Waals surface area contributed by atoms with Crippen LogP contribution in [0.15, 0.2) is 36.7 Å². The molecule has 2 aromatic heterocycles. The number of fused-ring (bicyclic) bond motifs is 1. The fraction of sp³-hybridized carbons (Fsp3) is 0. The maximum atomic E-state index is 13.9. The second kappa shape index (κ2) is 5.16. The van der Waals surface area contributed by atoms with Crippen LogP contribution in [0.2, 0.25) is 0 Å². The second-order valence-electron chi connectivity index (χ2n) is 4.31. The Hall–Kier alpha value is -3.02. The third-order valence-electron chi connectivity index (χ3n) is 2.96. The van der Waals surface area contributed by atoms with E-state index in [1.54, 1.807) is 30.6 Å². The van der Waals surface area contributed by atoms with Gasteiger partial charge in [-0.3, -0.25) is 4.98 Å². The first kappa shape index (κ1) is 13.0. The number of primary amides is 1. The lowest BCUT2D eigenvalue weighted by Gasteiger charge is -1.96. The molecule has 0 saturated heterocycles. The number of carbonyl (C=O) groups is 1. The normalized spacial score (nSPS) is 11.3. The van der Waals surface area contributed by atoms with Crippen LogP contribution in [0.3, 0.4) is 0 Å². The molecule has 6 heteroatoms. The van der Waals surface area contributed by atoms with Crippen LogP contribution in [-0.2, 0) is 0 Å². The van der Waals surface area contributed by atoms with E-state index >= 15 is 0 Å². The molecule has 1 radical (unpaired) electrons. The number of hydrogen-bond donors (Lipinski definition) is 1. The van der Waals surface area contributed by atoms with Crippen molar-refractivity contribution in [2.45, 2.75) is 0 Å². The zero-order chi connectivity index (χ0) is 14.8. The third kappa shape index (κ3) is 2.38. The van der Waals surface area contributed by atoms with E-state index in [0.29, 0.717) is 11.1 Å². The Balaban J connectivity index is 2.13. The van der Waals surface area contributed by atoms with Gasteiger partial charge in [0.1, 0.15) is 11.3 Å². The van der Waals surface area contributed by atoms with Gasteiger partial charge in [0.2, 0.25) is 0 Å². The van der Waals surface area contributed by atoms with Crippen LogP contribution in [0.25, 0.3) is 23.1 Å². The van der Waals surface area contributed by atoms with Crippen LogP contribution in [0.4, 0.5) is 9.18 Å². The van der Waals surface area contributed by atoms with Crippen molar-refractivity contribution < 1.29 is 9.18 Å². The van der Waals surface area contributed by atoms with Crippen molar-refractivity contribution in [3.8, 4) is 0 Å². The maximum Gasteiger partial charge on any atom is 0.340 e. The highest BCUT2D eigenvalue weighted by atomic mass is 19.1. The Morgan fingerprint density at radius 2 is 2.05 bits per heavy atom. The SMILES string of the molecule is NC(=O)n1nc(/C=C/c2ccncc2)c2c[c]cc(F)c21. The minimum Gasteiger partial charge on any atom is -0.350 e. The van der Waals surface area contributed by atoms with E-state index in [1.807, 2.05) is 12.1 Å². The number of rotatable bonds is 2. The van der Waals surface area contributed by atoms with Crippen LogP contribution in [0.5, 0.6) is 0 Å². The summed E-state index contributed by atoms with van der Waals surface area (Å²) in [6.07, 6.45) is 6.80. The van der Waals surface area contributed by atoms with Crippen LogP contribution >= 0.6 is 0 Å². The number of hydrogen-bond acceptors (Lipinski definition) is 3. The first-order chi connectivity index (χ1) is 10.2. The Labute approximate surface area is 119 Å². The van der Waals surface area contributed by atoms with Crippen molar-refractivity contribution in [2.75, 3.05) is 0 Å². The maximum absolute atomic E-state index is 13.9. The van der Waals surface area contributed by atoms with Gasteiger partial charge in [0.05, 0.1) is 5.69 Å². The Morgan fingerprint density at radius 1 is 1.29 bits per heavy atom. The van der Waals surface area contributed by atoms with Gasteiger partial charge in [0, 0.05) is 17.8 Å². The molecule has 0 atom stereocenters. The highest BCUT2D eigenvalue weighted by Gasteiger charge is 2.15. The monoisotopic (exact) mass is 281 g/mol. The lowest BCUT2D eigenvalue weighted by molar-refractivity contribution is 0.248. The van der Waals surface area contributed by atoms with Gasteiger partial charge in [0.25, 0.3) is 0 Å². The molecule has 103 valence electrons. The molecule has 0 aliphatic carbocycles. The predicted octanol–water partition coefficient (Wildman–Crippen LogP) is 2.47. The van der Waals surface area contributed by atoms with E-state index in [0.717, 1.165) is 16.3 Å². The Kier molecular flexibility index (Phi) is 3.19. The van der Waals surface area contributed by atoms with Gasteiger partial charge in [-0.05, 0) is 42.0 Å². The summed E-state index contributed by atoms with van der Waals surface area (Å²) in [4.78, 5) is 15.3. The number of carbonyl (C=O) groups excluding carboxylic acids is 1. The summed E-state index contributed by atoms with van der Waals surface area (Å²) in [5.74, 6) is -0.595. The number of nitrogens with zero attached hydrogens (tertiary/aromatic N) is 3. The number of aromatic nitrogens is 3. The molecule has 5 nitrogen and oxygen atoms in total. The molecule has 2 N–H and O–H groups in total. The van der Waals surface area contributed by atoms with Crippen LogP contribution in [0.1, 0.15) is 11.3 Å². The van der Waals surface area contributed by atoms with Crippen molar-refractivity contribution in [1.82, 2.24) is 14.8 Å². The summed E-state index contributed by atoms with van der Waals surface area (Å²) in [7, 11) is 0. The van der Waals surface area contributed by atoms with Crippen molar-refractivity contribution >= 4 is 29.1 Å². The number of amides is 1. The molecule has 21 heavy (non-hydrogen) atoms. The third-order valence-corrected chi connectivity index (χ3v) is 2.96. The molecule has 0 aliphatic heterocycles. The lowest BCUT2D eigenvalue weighted by Crippen LogP contribution is -2.21. The molecule has 0 spiro atoms. The molecule has 2 heterocycles. The molecule has 0 saturated carbocycles. The van der Waals surface area contributed by atoms with E-state index in [-0.39, 0.29) is 5.52 Å². The van der Waals surface area contributed by atoms with Crippen LogP contribution in [-0.4, -0.2) is 20.8 Å². The first-order valence-electron chi connectivity index (χ1n) is 6.13. The summed E-state index contributed by atoms with van der Waals surface area (Å²) in [5.41, 5.74) is 6.62. The number of halogens is 1. The molecule has 3 aromatic rings. The molecular formula is C15H10FN4O. The van der Waals surface area contributed by atoms with E-state index < -0.39 is 11.8 Å². The fourth-order valence-corrected chi connectivity index (χ4v) is 2.02. The lowest BCUT2D eigenvalue weighted by atomic mass is 10.1. The second-order valence-corrected chi connectivity index (χ2v) is 4.31. The molecule has 0 fully saturated rings. The van der Waals surface area contributed by atoms with Crippen molar-refractivity contribution in [3.05, 3.63) is 59.8 Å². The van der Waals surface area contributed by atoms with Crippen molar-refractivity contribution in [3.63, 3.8) is 0 Å². The number of pyridine rings is 1.